The van der Waals surface area contributed by atoms with Gasteiger partial charge >= 0.3 is 18.2 Å². The number of esters is 1. The summed E-state index contributed by atoms with van der Waals surface area (Å²) < 4.78 is 32.8. The third-order valence-electron chi connectivity index (χ3n) is 22.0. The lowest BCUT2D eigenvalue weighted by atomic mass is 9.46. The minimum absolute atomic E-state index is 0.0519. The molecule has 3 heterocycles. The summed E-state index contributed by atoms with van der Waals surface area (Å²) in [5.41, 5.74) is 2.72. The maximum absolute atomic E-state index is 14.6. The number of epoxide rings is 2. The number of amides is 2. The first-order chi connectivity index (χ1) is 33.6. The number of carbonyl (C=O) groups is 3. The van der Waals surface area contributed by atoms with Crippen molar-refractivity contribution in [1.82, 2.24) is 10.6 Å². The van der Waals surface area contributed by atoms with E-state index in [-0.39, 0.29) is 69.7 Å². The summed E-state index contributed by atoms with van der Waals surface area (Å²) in [4.78, 5) is 41.3. The van der Waals surface area contributed by atoms with Gasteiger partial charge in [-0.05, 0) is 178 Å². The second-order valence-electron chi connectivity index (χ2n) is 27.2. The summed E-state index contributed by atoms with van der Waals surface area (Å²) in [5.74, 6) is 2.16. The van der Waals surface area contributed by atoms with E-state index in [2.05, 4.69) is 96.9 Å². The number of ether oxygens (including phenoxy) is 5. The van der Waals surface area contributed by atoms with Crippen molar-refractivity contribution < 1.29 is 48.3 Å². The summed E-state index contributed by atoms with van der Waals surface area (Å²) in [7, 11) is 0. The molecule has 12 rings (SSSR count). The highest BCUT2D eigenvalue weighted by Crippen LogP contribution is 2.87. The molecule has 4 N–H and O–H groups in total. The lowest BCUT2D eigenvalue weighted by Gasteiger charge is -2.54. The topological polar surface area (TPSA) is 168 Å². The highest BCUT2D eigenvalue weighted by Gasteiger charge is 3.00. The van der Waals surface area contributed by atoms with Gasteiger partial charge in [0, 0.05) is 34.4 Å². The first kappa shape index (κ1) is 48.5. The van der Waals surface area contributed by atoms with Gasteiger partial charge in [0.25, 0.3) is 0 Å². The number of aliphatic hydroxyl groups is 2. The number of fused-ring (bicyclic) bond motifs is 5. The number of nitrogens with one attached hydrogen (secondary N) is 2. The van der Waals surface area contributed by atoms with Crippen LogP contribution in [-0.2, 0) is 28.5 Å². The summed E-state index contributed by atoms with van der Waals surface area (Å²) in [5, 5.41) is 27.4. The van der Waals surface area contributed by atoms with Gasteiger partial charge in [-0.2, -0.15) is 0 Å². The zero-order valence-electron chi connectivity index (χ0n) is 43.8. The summed E-state index contributed by atoms with van der Waals surface area (Å²) in [6.45, 7) is 22.7. The minimum atomic E-state index is -0.722. The Morgan fingerprint density at radius 1 is 0.901 bits per heavy atom. The maximum Gasteiger partial charge on any atom is 0.407 e. The van der Waals surface area contributed by atoms with E-state index in [4.69, 9.17) is 23.7 Å². The van der Waals surface area contributed by atoms with Crippen LogP contribution in [-0.4, -0.2) is 94.4 Å². The van der Waals surface area contributed by atoms with Gasteiger partial charge in [0.15, 0.2) is 5.60 Å². The van der Waals surface area contributed by atoms with E-state index in [1.54, 1.807) is 0 Å². The van der Waals surface area contributed by atoms with Crippen molar-refractivity contribution in [2.45, 2.75) is 218 Å². The molecule has 9 aliphatic carbocycles. The molecule has 8 saturated carbocycles. The van der Waals surface area contributed by atoms with Crippen molar-refractivity contribution in [3.05, 3.63) is 58.7 Å². The van der Waals surface area contributed by atoms with Gasteiger partial charge in [0.05, 0.1) is 24.4 Å². The lowest BCUT2D eigenvalue weighted by Crippen LogP contribution is -2.68. The molecular weight excluding hydrogens is 897 g/mol. The Balaban J connectivity index is 0.697. The van der Waals surface area contributed by atoms with Crippen LogP contribution in [0.3, 0.4) is 0 Å². The Morgan fingerprint density at radius 2 is 1.69 bits per heavy atom. The van der Waals surface area contributed by atoms with Gasteiger partial charge in [-0.15, -0.1) is 0 Å². The van der Waals surface area contributed by atoms with E-state index in [1.165, 1.54) is 12.0 Å². The van der Waals surface area contributed by atoms with E-state index < -0.39 is 47.2 Å². The third-order valence-corrected chi connectivity index (χ3v) is 22.0. The molecule has 3 aliphatic heterocycles. The molecule has 12 aliphatic rings. The van der Waals surface area contributed by atoms with Crippen molar-refractivity contribution in [3.63, 3.8) is 0 Å². The zero-order valence-corrected chi connectivity index (χ0v) is 43.8. The molecule has 18 atom stereocenters. The quantitative estimate of drug-likeness (QED) is 0.0716. The van der Waals surface area contributed by atoms with Crippen LogP contribution in [0.4, 0.5) is 9.59 Å². The van der Waals surface area contributed by atoms with Crippen LogP contribution in [0.1, 0.15) is 158 Å². The number of allylic oxidation sites excluding steroid dienone is 4. The fourth-order valence-corrected chi connectivity index (χ4v) is 18.7. The Hall–Kier alpha value is -3.45. The van der Waals surface area contributed by atoms with Gasteiger partial charge in [-0.25, -0.2) is 14.4 Å². The van der Waals surface area contributed by atoms with E-state index in [0.717, 1.165) is 92.9 Å². The maximum atomic E-state index is 14.6. The summed E-state index contributed by atoms with van der Waals surface area (Å²) in [6.07, 6.45) is 20.0. The molecule has 0 aromatic heterocycles. The number of cyclic esters (lactones) is 1. The number of hydrogen-bond acceptors (Lipinski definition) is 10. The van der Waals surface area contributed by atoms with Crippen LogP contribution >= 0.6 is 0 Å². The molecule has 0 bridgehead atoms. The molecule has 0 radical (unpaired) electrons. The molecule has 0 aromatic carbocycles. The summed E-state index contributed by atoms with van der Waals surface area (Å²) in [6, 6.07) is -0.208. The minimum Gasteiger partial charge on any atom is -0.458 e. The molecule has 0 aromatic rings. The first-order valence-corrected chi connectivity index (χ1v) is 27.9. The number of carbonyl (C=O) groups excluding carboxylic acids is 3. The normalized spacial score (nSPS) is 48.5. The number of aliphatic hydroxyl groups excluding tert-OH is 2. The van der Waals surface area contributed by atoms with Crippen molar-refractivity contribution in [2.24, 2.45) is 63.1 Å². The van der Waals surface area contributed by atoms with E-state index >= 15 is 0 Å². The second-order valence-corrected chi connectivity index (χ2v) is 27.2. The van der Waals surface area contributed by atoms with Crippen LogP contribution < -0.4 is 10.6 Å². The molecule has 2 amide bonds. The van der Waals surface area contributed by atoms with E-state index in [0.29, 0.717) is 56.0 Å². The zero-order chi connectivity index (χ0) is 50.0. The Labute approximate surface area is 421 Å². The van der Waals surface area contributed by atoms with Crippen molar-refractivity contribution in [2.75, 3.05) is 6.61 Å². The van der Waals surface area contributed by atoms with E-state index in [9.17, 15) is 24.6 Å². The highest BCUT2D eigenvalue weighted by atomic mass is 16.7. The fourth-order valence-electron chi connectivity index (χ4n) is 18.7. The largest absolute Gasteiger partial charge is 0.458 e. The van der Waals surface area contributed by atoms with Crippen LogP contribution in [0.25, 0.3) is 0 Å². The molecule has 388 valence electrons. The smallest absolute Gasteiger partial charge is 0.407 e. The molecule has 71 heavy (non-hydrogen) atoms. The average Bonchev–Trinajstić information content (AvgIpc) is 4.13. The molecule has 12 heteroatoms. The SMILES string of the molecule is C=C1/C(=C\C=C2/CCC[C@@]3(C)C2CCC3[C@@H](C)/C=C/C(OC(=O)NC2CC(C)(C)CC(C)(NC(=O)O[C@@H]3[C@@]4(C(C)C)C[C@H]4[C@@H]4O[C@]45[C@]34O[C@H]4C[C@H]3C4=C(CC[C@@]35C)C(=O)OC4)C2)C2CC2)C[C@@H](O)C[C@@H]1O. The predicted octanol–water partition coefficient (Wildman–Crippen LogP) is 9.88. The van der Waals surface area contributed by atoms with Crippen molar-refractivity contribution in [1.29, 1.82) is 0 Å². The summed E-state index contributed by atoms with van der Waals surface area (Å²) >= 11 is 0. The molecule has 2 spiro atoms. The second kappa shape index (κ2) is 16.3. The predicted molar refractivity (Wildman–Crippen MR) is 266 cm³/mol. The molecular formula is C59H82N2O10. The van der Waals surface area contributed by atoms with Crippen LogP contribution in [0.15, 0.2) is 58.7 Å². The number of rotatable bonds is 10. The van der Waals surface area contributed by atoms with Crippen molar-refractivity contribution in [3.8, 4) is 0 Å². The number of alkyl carbamates (subject to hydrolysis) is 2. The van der Waals surface area contributed by atoms with Gasteiger partial charge in [0.1, 0.15) is 24.4 Å². The first-order valence-electron chi connectivity index (χ1n) is 27.9. The molecule has 2 saturated heterocycles. The molecule has 5 unspecified atom stereocenters. The van der Waals surface area contributed by atoms with E-state index in [1.807, 2.05) is 0 Å². The van der Waals surface area contributed by atoms with Crippen LogP contribution in [0, 0.1) is 63.1 Å². The van der Waals surface area contributed by atoms with Gasteiger partial charge < -0.3 is 44.5 Å². The Bertz CT molecular complexity index is 2420. The Kier molecular flexibility index (Phi) is 11.1. The van der Waals surface area contributed by atoms with Crippen LogP contribution in [0.5, 0.6) is 0 Å². The van der Waals surface area contributed by atoms with Crippen LogP contribution in [0.2, 0.25) is 0 Å². The molecule has 12 nitrogen and oxygen atoms in total. The standard InChI is InChI=1S/C59H82N2O10/c1-31(2)57-28-44(57)48-59(71-48)56(9)22-20-39-40(29-67-49(39)64)43(56)25-47-58(59,70-47)50(57)69-52(66)61-54(7)27-37(26-53(5,6)30-54)60-51(65)68-46(35-14-15-35)19-12-32(3)41-17-18-42-34(11-10-21-55(41,42)8)13-16-36-23-38(62)24-45(63)33(36)4/h12-13,16,19,31-32,35,37-38,41-48,50,62-63H,4,10-11,14-15,17-18,20-30H2,1-3,5-9H3,(H,60,65)(H,61,66)/b19-12+,34-13+,36-16-/t32-,37?,38+,41?,42?,43-,44-,45-,46?,47-,48-,50+,54?,55+,56-,57+,58+,59+/m0/s1. The van der Waals surface area contributed by atoms with Gasteiger partial charge in [0.2, 0.25) is 0 Å². The fraction of sp³-hybridized carbons (Fsp3) is 0.780. The lowest BCUT2D eigenvalue weighted by molar-refractivity contribution is -0.136. The monoisotopic (exact) mass is 979 g/mol. The highest BCUT2D eigenvalue weighted by molar-refractivity contribution is 5.92. The van der Waals surface area contributed by atoms with Gasteiger partial charge in [-0.1, -0.05) is 78.8 Å². The number of hydrogen-bond donors (Lipinski definition) is 4. The van der Waals surface area contributed by atoms with Crippen molar-refractivity contribution >= 4 is 18.2 Å². The Morgan fingerprint density at radius 3 is 2.45 bits per heavy atom. The third kappa shape index (κ3) is 7.33. The molecule has 10 fully saturated rings. The average molecular weight is 979 g/mol. The van der Waals surface area contributed by atoms with Gasteiger partial charge in [-0.3, -0.25) is 0 Å².